The molecule has 15 heavy (non-hydrogen) atoms. The van der Waals surface area contributed by atoms with Gasteiger partial charge in [-0.15, -0.1) is 0 Å². The molecule has 1 aromatic rings. The molecule has 3 N–H and O–H groups in total. The molecule has 0 aromatic heterocycles. The van der Waals surface area contributed by atoms with Crippen LogP contribution in [0.2, 0.25) is 0 Å². The number of hydrogen-bond donors (Lipinski definition) is 2. The highest BCUT2D eigenvalue weighted by Gasteiger charge is 2.25. The van der Waals surface area contributed by atoms with Crippen LogP contribution in [0.3, 0.4) is 0 Å². The van der Waals surface area contributed by atoms with Crippen molar-refractivity contribution in [3.63, 3.8) is 0 Å². The van der Waals surface area contributed by atoms with E-state index < -0.39 is 23.8 Å². The third-order valence-electron chi connectivity index (χ3n) is 2.90. The smallest absolute Gasteiger partial charge is 0.129 e. The van der Waals surface area contributed by atoms with Crippen LogP contribution >= 0.6 is 0 Å². The van der Waals surface area contributed by atoms with Crippen molar-refractivity contribution in [1.29, 1.82) is 0 Å². The first kappa shape index (κ1) is 10.5. The minimum absolute atomic E-state index is 0.400. The van der Waals surface area contributed by atoms with Crippen molar-refractivity contribution in [2.24, 2.45) is 5.73 Å². The fourth-order valence-corrected chi connectivity index (χ4v) is 2.06. The average Bonchev–Trinajstić information content (AvgIpc) is 2.30. The lowest BCUT2D eigenvalue weighted by molar-refractivity contribution is 0.136. The van der Waals surface area contributed by atoms with Gasteiger partial charge in [-0.3, -0.25) is 0 Å². The minimum atomic E-state index is -0.715. The number of nitrogens with two attached hydrogens (primary N) is 1. The SMILES string of the molecule is N[C@H]1c2cc(F)cc(F)c2CCC[C@@H]1O. The zero-order valence-electron chi connectivity index (χ0n) is 8.21. The van der Waals surface area contributed by atoms with E-state index >= 15 is 0 Å². The zero-order valence-corrected chi connectivity index (χ0v) is 8.21. The molecule has 0 fully saturated rings. The molecule has 0 bridgehead atoms. The Morgan fingerprint density at radius 3 is 2.80 bits per heavy atom. The topological polar surface area (TPSA) is 46.2 Å². The van der Waals surface area contributed by atoms with Crippen molar-refractivity contribution in [3.8, 4) is 0 Å². The molecule has 2 rings (SSSR count). The molecular formula is C11H13F2NO. The molecule has 82 valence electrons. The van der Waals surface area contributed by atoms with Crippen LogP contribution < -0.4 is 5.73 Å². The number of aliphatic hydroxyl groups excluding tert-OH is 1. The van der Waals surface area contributed by atoms with Gasteiger partial charge >= 0.3 is 0 Å². The molecule has 4 heteroatoms. The summed E-state index contributed by atoms with van der Waals surface area (Å²) in [5, 5.41) is 9.62. The van der Waals surface area contributed by atoms with E-state index in [0.29, 0.717) is 30.4 Å². The van der Waals surface area contributed by atoms with Crippen molar-refractivity contribution in [2.45, 2.75) is 31.4 Å². The van der Waals surface area contributed by atoms with Crippen LogP contribution in [0.15, 0.2) is 12.1 Å². The molecule has 2 nitrogen and oxygen atoms in total. The van der Waals surface area contributed by atoms with Gasteiger partial charge < -0.3 is 10.8 Å². The van der Waals surface area contributed by atoms with E-state index in [1.54, 1.807) is 0 Å². The number of hydrogen-bond acceptors (Lipinski definition) is 2. The molecule has 0 heterocycles. The van der Waals surface area contributed by atoms with E-state index in [9.17, 15) is 13.9 Å². The molecule has 1 aliphatic rings. The third kappa shape index (κ3) is 1.87. The summed E-state index contributed by atoms with van der Waals surface area (Å²) < 4.78 is 26.4. The normalized spacial score (nSPS) is 25.9. The predicted octanol–water partition coefficient (Wildman–Crippen LogP) is 1.66. The Morgan fingerprint density at radius 2 is 2.07 bits per heavy atom. The van der Waals surface area contributed by atoms with Crippen LogP contribution in [-0.4, -0.2) is 11.2 Å². The minimum Gasteiger partial charge on any atom is -0.391 e. The van der Waals surface area contributed by atoms with Crippen molar-refractivity contribution in [3.05, 3.63) is 34.9 Å². The van der Waals surface area contributed by atoms with E-state index in [-0.39, 0.29) is 0 Å². The maximum Gasteiger partial charge on any atom is 0.129 e. The molecule has 1 aliphatic carbocycles. The van der Waals surface area contributed by atoms with Gasteiger partial charge in [-0.25, -0.2) is 8.78 Å². The molecule has 0 unspecified atom stereocenters. The summed E-state index contributed by atoms with van der Waals surface area (Å²) in [6.45, 7) is 0. The lowest BCUT2D eigenvalue weighted by Gasteiger charge is -2.17. The summed E-state index contributed by atoms with van der Waals surface area (Å²) in [7, 11) is 0. The number of fused-ring (bicyclic) bond motifs is 1. The van der Waals surface area contributed by atoms with Crippen LogP contribution in [0, 0.1) is 11.6 Å². The average molecular weight is 213 g/mol. The zero-order chi connectivity index (χ0) is 11.0. The van der Waals surface area contributed by atoms with Crippen LogP contribution in [0.1, 0.15) is 30.0 Å². The highest BCUT2D eigenvalue weighted by Crippen LogP contribution is 2.29. The Bertz CT molecular complexity index is 381. The Balaban J connectivity index is 2.53. The monoisotopic (exact) mass is 213 g/mol. The van der Waals surface area contributed by atoms with Crippen molar-refractivity contribution < 1.29 is 13.9 Å². The van der Waals surface area contributed by atoms with Gasteiger partial charge in [0.2, 0.25) is 0 Å². The highest BCUT2D eigenvalue weighted by atomic mass is 19.1. The number of aliphatic hydroxyl groups is 1. The maximum absolute atomic E-state index is 13.4. The van der Waals surface area contributed by atoms with Gasteiger partial charge in [0.1, 0.15) is 11.6 Å². The summed E-state index contributed by atoms with van der Waals surface area (Å²) in [5.41, 5.74) is 6.59. The lowest BCUT2D eigenvalue weighted by atomic mass is 9.98. The fourth-order valence-electron chi connectivity index (χ4n) is 2.06. The Morgan fingerprint density at radius 1 is 1.33 bits per heavy atom. The second-order valence-electron chi connectivity index (χ2n) is 3.94. The molecule has 0 radical (unpaired) electrons. The second-order valence-corrected chi connectivity index (χ2v) is 3.94. The van der Waals surface area contributed by atoms with Crippen molar-refractivity contribution in [2.75, 3.05) is 0 Å². The van der Waals surface area contributed by atoms with E-state index in [4.69, 9.17) is 5.73 Å². The Labute approximate surface area is 86.7 Å². The standard InChI is InChI=1S/C11H13F2NO/c12-6-4-8-7(9(13)5-6)2-1-3-10(15)11(8)14/h4-5,10-11,15H,1-3,14H2/t10-,11-/m0/s1. The molecule has 2 atom stereocenters. The largest absolute Gasteiger partial charge is 0.391 e. The van der Waals surface area contributed by atoms with Crippen molar-refractivity contribution in [1.82, 2.24) is 0 Å². The number of halogens is 2. The number of benzene rings is 1. The van der Waals surface area contributed by atoms with Crippen molar-refractivity contribution >= 4 is 0 Å². The molecule has 0 spiro atoms. The predicted molar refractivity (Wildman–Crippen MR) is 52.2 cm³/mol. The van der Waals surface area contributed by atoms with Gasteiger partial charge in [0.25, 0.3) is 0 Å². The molecule has 1 aromatic carbocycles. The molecule has 0 saturated carbocycles. The van der Waals surface area contributed by atoms with Gasteiger partial charge in [-0.2, -0.15) is 0 Å². The summed E-state index contributed by atoms with van der Waals surface area (Å²) in [4.78, 5) is 0. The lowest BCUT2D eigenvalue weighted by Crippen LogP contribution is -2.25. The Kier molecular flexibility index (Phi) is 2.71. The first-order valence-electron chi connectivity index (χ1n) is 5.01. The summed E-state index contributed by atoms with van der Waals surface area (Å²) in [6.07, 6.45) is 0.987. The maximum atomic E-state index is 13.4. The summed E-state index contributed by atoms with van der Waals surface area (Å²) in [5.74, 6) is -1.20. The molecule has 0 aliphatic heterocycles. The van der Waals surface area contributed by atoms with Crippen LogP contribution in [0.5, 0.6) is 0 Å². The fraction of sp³-hybridized carbons (Fsp3) is 0.455. The summed E-state index contributed by atoms with van der Waals surface area (Å²) in [6, 6.07) is 1.40. The van der Waals surface area contributed by atoms with Gasteiger partial charge in [-0.1, -0.05) is 0 Å². The van der Waals surface area contributed by atoms with Gasteiger partial charge in [-0.05, 0) is 36.5 Å². The van der Waals surface area contributed by atoms with Crippen LogP contribution in [-0.2, 0) is 6.42 Å². The quantitative estimate of drug-likeness (QED) is 0.644. The first-order chi connectivity index (χ1) is 7.09. The van der Waals surface area contributed by atoms with Gasteiger partial charge in [0.05, 0.1) is 12.1 Å². The first-order valence-corrected chi connectivity index (χ1v) is 5.01. The molecular weight excluding hydrogens is 200 g/mol. The van der Waals surface area contributed by atoms with E-state index in [1.165, 1.54) is 6.07 Å². The number of rotatable bonds is 0. The molecule has 0 amide bonds. The van der Waals surface area contributed by atoms with E-state index in [0.717, 1.165) is 6.07 Å². The highest BCUT2D eigenvalue weighted by molar-refractivity contribution is 5.33. The van der Waals surface area contributed by atoms with E-state index in [1.807, 2.05) is 0 Å². The van der Waals surface area contributed by atoms with Crippen LogP contribution in [0.25, 0.3) is 0 Å². The molecule has 0 saturated heterocycles. The van der Waals surface area contributed by atoms with Crippen LogP contribution in [0.4, 0.5) is 8.78 Å². The third-order valence-corrected chi connectivity index (χ3v) is 2.90. The Hall–Kier alpha value is -1.00. The second kappa shape index (κ2) is 3.87. The summed E-state index contributed by atoms with van der Waals surface area (Å²) >= 11 is 0. The van der Waals surface area contributed by atoms with Gasteiger partial charge in [0, 0.05) is 6.07 Å². The van der Waals surface area contributed by atoms with Gasteiger partial charge in [0.15, 0.2) is 0 Å². The van der Waals surface area contributed by atoms with E-state index in [2.05, 4.69) is 0 Å².